The molecule has 0 unspecified atom stereocenters. The van der Waals surface area contributed by atoms with Crippen molar-refractivity contribution in [2.75, 3.05) is 0 Å². The van der Waals surface area contributed by atoms with Gasteiger partial charge in [0.2, 0.25) is 0 Å². The Labute approximate surface area is 175 Å². The quantitative estimate of drug-likeness (QED) is 0.321. The van der Waals surface area contributed by atoms with Gasteiger partial charge in [0, 0.05) is 10.9 Å². The molecular formula is C21H16FN3O4S. The van der Waals surface area contributed by atoms with Gasteiger partial charge in [-0.3, -0.25) is 4.79 Å². The molecule has 2 aromatic carbocycles. The highest BCUT2D eigenvalue weighted by Crippen LogP contribution is 2.25. The van der Waals surface area contributed by atoms with Crippen LogP contribution >= 0.6 is 11.3 Å². The first-order valence-electron chi connectivity index (χ1n) is 8.98. The largest absolute Gasteiger partial charge is 0.484 e. The van der Waals surface area contributed by atoms with E-state index in [-0.39, 0.29) is 18.8 Å². The van der Waals surface area contributed by atoms with Crippen molar-refractivity contribution in [3.8, 4) is 22.1 Å². The number of nitrogens with zero attached hydrogens (tertiary/aromatic N) is 3. The molecule has 0 fully saturated rings. The molecule has 0 saturated carbocycles. The van der Waals surface area contributed by atoms with Crippen molar-refractivity contribution >= 4 is 17.3 Å². The molecule has 0 spiro atoms. The van der Waals surface area contributed by atoms with Gasteiger partial charge in [-0.25, -0.2) is 9.37 Å². The maximum atomic E-state index is 13.4. The van der Waals surface area contributed by atoms with E-state index in [9.17, 15) is 9.18 Å². The zero-order chi connectivity index (χ0) is 20.9. The van der Waals surface area contributed by atoms with Gasteiger partial charge >= 0.3 is 5.97 Å². The predicted octanol–water partition coefficient (Wildman–Crippen LogP) is 4.37. The Balaban J connectivity index is 1.31. The van der Waals surface area contributed by atoms with E-state index in [4.69, 9.17) is 14.0 Å². The number of aryl methyl sites for hydroxylation is 1. The standard InChI is InChI=1S/C21H16FN3O4S/c1-13-23-19(29-25-13)11-27-17-5-7-18(8-6-17)28-20(26)10-16-12-30-21(24-16)14-3-2-4-15(22)9-14/h2-9,12H,10-11H2,1H3. The summed E-state index contributed by atoms with van der Waals surface area (Å²) >= 11 is 1.35. The number of halogens is 1. The Kier molecular flexibility index (Phi) is 5.80. The van der Waals surface area contributed by atoms with E-state index < -0.39 is 5.97 Å². The average molecular weight is 425 g/mol. The van der Waals surface area contributed by atoms with Gasteiger partial charge in [0.15, 0.2) is 12.4 Å². The van der Waals surface area contributed by atoms with Gasteiger partial charge in [0.25, 0.3) is 5.89 Å². The predicted molar refractivity (Wildman–Crippen MR) is 107 cm³/mol. The highest BCUT2D eigenvalue weighted by molar-refractivity contribution is 7.13. The van der Waals surface area contributed by atoms with Gasteiger partial charge in [-0.1, -0.05) is 17.3 Å². The lowest BCUT2D eigenvalue weighted by molar-refractivity contribution is -0.133. The molecule has 0 atom stereocenters. The van der Waals surface area contributed by atoms with E-state index in [0.717, 1.165) is 0 Å². The van der Waals surface area contributed by atoms with Crippen molar-refractivity contribution in [1.29, 1.82) is 0 Å². The SMILES string of the molecule is Cc1noc(COc2ccc(OC(=O)Cc3csc(-c4cccc(F)c4)n3)cc2)n1. The normalized spacial score (nSPS) is 10.7. The Morgan fingerprint density at radius 3 is 2.67 bits per heavy atom. The van der Waals surface area contributed by atoms with Crippen LogP contribution in [0.15, 0.2) is 58.4 Å². The monoisotopic (exact) mass is 425 g/mol. The van der Waals surface area contributed by atoms with E-state index in [1.165, 1.54) is 23.5 Å². The van der Waals surface area contributed by atoms with Crippen LogP contribution in [0.5, 0.6) is 11.5 Å². The first-order valence-corrected chi connectivity index (χ1v) is 9.86. The summed E-state index contributed by atoms with van der Waals surface area (Å²) in [5.74, 6) is 1.11. The van der Waals surface area contributed by atoms with Gasteiger partial charge in [-0.05, 0) is 43.3 Å². The summed E-state index contributed by atoms with van der Waals surface area (Å²) in [6, 6.07) is 12.8. The molecule has 0 aliphatic heterocycles. The highest BCUT2D eigenvalue weighted by Gasteiger charge is 2.12. The number of carbonyl (C=O) groups excluding carboxylic acids is 1. The summed E-state index contributed by atoms with van der Waals surface area (Å²) in [6.07, 6.45) is 0.0145. The second-order valence-corrected chi connectivity index (χ2v) is 7.16. The second kappa shape index (κ2) is 8.83. The summed E-state index contributed by atoms with van der Waals surface area (Å²) in [5, 5.41) is 6.10. The topological polar surface area (TPSA) is 87.3 Å². The van der Waals surface area contributed by atoms with E-state index in [1.807, 2.05) is 0 Å². The van der Waals surface area contributed by atoms with E-state index >= 15 is 0 Å². The Morgan fingerprint density at radius 2 is 1.93 bits per heavy atom. The third-order valence-electron chi connectivity index (χ3n) is 3.94. The third-order valence-corrected chi connectivity index (χ3v) is 4.88. The van der Waals surface area contributed by atoms with Crippen LogP contribution in [0.1, 0.15) is 17.4 Å². The van der Waals surface area contributed by atoms with Gasteiger partial charge in [0.1, 0.15) is 22.3 Å². The summed E-state index contributed by atoms with van der Waals surface area (Å²) in [4.78, 5) is 20.6. The van der Waals surface area contributed by atoms with Crippen LogP contribution in [0.4, 0.5) is 4.39 Å². The lowest BCUT2D eigenvalue weighted by atomic mass is 10.2. The minimum Gasteiger partial charge on any atom is -0.484 e. The summed E-state index contributed by atoms with van der Waals surface area (Å²) < 4.78 is 29.2. The lowest BCUT2D eigenvalue weighted by Gasteiger charge is -2.06. The Hall–Kier alpha value is -3.59. The van der Waals surface area contributed by atoms with Crippen molar-refractivity contribution in [1.82, 2.24) is 15.1 Å². The molecule has 0 aliphatic rings. The minimum absolute atomic E-state index is 0.0145. The fraction of sp³-hybridized carbons (Fsp3) is 0.143. The minimum atomic E-state index is -0.443. The molecular weight excluding hydrogens is 409 g/mol. The first kappa shape index (κ1) is 19.7. The molecule has 0 amide bonds. The molecule has 4 rings (SSSR count). The molecule has 0 N–H and O–H groups in total. The molecule has 2 aromatic heterocycles. The molecule has 4 aromatic rings. The van der Waals surface area contributed by atoms with Crippen molar-refractivity contribution in [2.24, 2.45) is 0 Å². The molecule has 0 radical (unpaired) electrons. The molecule has 0 saturated heterocycles. The number of hydrogen-bond donors (Lipinski definition) is 0. The van der Waals surface area contributed by atoms with E-state index in [0.29, 0.717) is 39.5 Å². The van der Waals surface area contributed by atoms with Crippen molar-refractivity contribution in [3.05, 3.63) is 77.1 Å². The number of benzene rings is 2. The van der Waals surface area contributed by atoms with Crippen LogP contribution in [0.25, 0.3) is 10.6 Å². The van der Waals surface area contributed by atoms with Crippen molar-refractivity contribution in [3.63, 3.8) is 0 Å². The molecule has 7 nitrogen and oxygen atoms in total. The lowest BCUT2D eigenvalue weighted by Crippen LogP contribution is -2.11. The maximum absolute atomic E-state index is 13.4. The summed E-state index contributed by atoms with van der Waals surface area (Å²) in [6.45, 7) is 1.88. The zero-order valence-electron chi connectivity index (χ0n) is 15.9. The zero-order valence-corrected chi connectivity index (χ0v) is 16.7. The number of aromatic nitrogens is 3. The Bertz CT molecular complexity index is 1160. The van der Waals surface area contributed by atoms with Crippen molar-refractivity contribution in [2.45, 2.75) is 20.0 Å². The molecule has 0 bridgehead atoms. The van der Waals surface area contributed by atoms with Gasteiger partial charge in [-0.15, -0.1) is 11.3 Å². The summed E-state index contributed by atoms with van der Waals surface area (Å²) in [7, 11) is 0. The van der Waals surface area contributed by atoms with Crippen LogP contribution in [0, 0.1) is 12.7 Å². The number of esters is 1. The number of carbonyl (C=O) groups is 1. The van der Waals surface area contributed by atoms with Gasteiger partial charge in [-0.2, -0.15) is 4.98 Å². The van der Waals surface area contributed by atoms with E-state index in [1.54, 1.807) is 48.7 Å². The van der Waals surface area contributed by atoms with Crippen LogP contribution in [-0.2, 0) is 17.8 Å². The number of hydrogen-bond acceptors (Lipinski definition) is 8. The molecule has 30 heavy (non-hydrogen) atoms. The van der Waals surface area contributed by atoms with E-state index in [2.05, 4.69) is 15.1 Å². The fourth-order valence-corrected chi connectivity index (χ4v) is 3.42. The average Bonchev–Trinajstić information content (AvgIpc) is 3.36. The van der Waals surface area contributed by atoms with Crippen LogP contribution in [0.2, 0.25) is 0 Å². The van der Waals surface area contributed by atoms with Gasteiger partial charge < -0.3 is 14.0 Å². The summed E-state index contributed by atoms with van der Waals surface area (Å²) in [5.41, 5.74) is 1.24. The maximum Gasteiger partial charge on any atom is 0.317 e. The first-order chi connectivity index (χ1) is 14.5. The number of ether oxygens (including phenoxy) is 2. The Morgan fingerprint density at radius 1 is 1.13 bits per heavy atom. The smallest absolute Gasteiger partial charge is 0.317 e. The molecule has 152 valence electrons. The van der Waals surface area contributed by atoms with Crippen LogP contribution < -0.4 is 9.47 Å². The fourth-order valence-electron chi connectivity index (χ4n) is 2.61. The highest BCUT2D eigenvalue weighted by atomic mass is 32.1. The van der Waals surface area contributed by atoms with Crippen molar-refractivity contribution < 1.29 is 23.2 Å². The molecule has 2 heterocycles. The number of thiazole rings is 1. The molecule has 0 aliphatic carbocycles. The third kappa shape index (κ3) is 5.06. The van der Waals surface area contributed by atoms with Crippen LogP contribution in [0.3, 0.4) is 0 Å². The second-order valence-electron chi connectivity index (χ2n) is 6.30. The molecule has 9 heteroatoms. The van der Waals surface area contributed by atoms with Crippen LogP contribution in [-0.4, -0.2) is 21.1 Å². The number of rotatable bonds is 7. The van der Waals surface area contributed by atoms with Gasteiger partial charge in [0.05, 0.1) is 12.1 Å².